The Morgan fingerprint density at radius 2 is 2.44 bits per heavy atom. The van der Waals surface area contributed by atoms with E-state index in [0.29, 0.717) is 0 Å². The van der Waals surface area contributed by atoms with Gasteiger partial charge in [0.25, 0.3) is 0 Å². The second-order valence-corrected chi connectivity index (χ2v) is 2.21. The lowest BCUT2D eigenvalue weighted by Crippen LogP contribution is -2.38. The van der Waals surface area contributed by atoms with Crippen molar-refractivity contribution in [3.05, 3.63) is 0 Å². The summed E-state index contributed by atoms with van der Waals surface area (Å²) in [7, 11) is 0. The molecule has 0 aromatic heterocycles. The number of hydrogen-bond acceptors (Lipinski definition) is 4. The summed E-state index contributed by atoms with van der Waals surface area (Å²) < 4.78 is 4.52. The van der Waals surface area contributed by atoms with E-state index < -0.39 is 17.7 Å². The van der Waals surface area contributed by atoms with Gasteiger partial charge in [0.05, 0.1) is 0 Å². The lowest BCUT2D eigenvalue weighted by atomic mass is 10.1. The first kappa shape index (κ1) is 6.67. The van der Waals surface area contributed by atoms with Crippen molar-refractivity contribution in [1.29, 1.82) is 0 Å². The van der Waals surface area contributed by atoms with Gasteiger partial charge in [0.1, 0.15) is 6.61 Å². The summed E-state index contributed by atoms with van der Waals surface area (Å²) in [6.07, 6.45) is -1.38. The number of ketones is 1. The first-order chi connectivity index (χ1) is 4.04. The predicted molar refractivity (Wildman–Crippen MR) is 27.6 cm³/mol. The summed E-state index contributed by atoms with van der Waals surface area (Å²) in [5, 5.41) is 17.7. The smallest absolute Gasteiger partial charge is 0.196 e. The van der Waals surface area contributed by atoms with Crippen molar-refractivity contribution in [2.24, 2.45) is 0 Å². The first-order valence-corrected chi connectivity index (χ1v) is 2.61. The Hall–Kier alpha value is -0.450. The fourth-order valence-electron chi connectivity index (χ4n) is 0.674. The van der Waals surface area contributed by atoms with Gasteiger partial charge in [-0.25, -0.2) is 0 Å². The van der Waals surface area contributed by atoms with Crippen molar-refractivity contribution in [1.82, 2.24) is 0 Å². The zero-order valence-corrected chi connectivity index (χ0v) is 5.00. The standard InChI is InChI=1S/C5H8O4/c1-5(8)4(7)3(6)2-9-5/h4,7-8H,2H2,1H3. The first-order valence-electron chi connectivity index (χ1n) is 2.61. The van der Waals surface area contributed by atoms with E-state index in [1.54, 1.807) is 0 Å². The van der Waals surface area contributed by atoms with Crippen LogP contribution < -0.4 is 0 Å². The van der Waals surface area contributed by atoms with Gasteiger partial charge < -0.3 is 14.9 Å². The van der Waals surface area contributed by atoms with Crippen molar-refractivity contribution in [3.8, 4) is 0 Å². The number of Topliss-reactive ketones (excluding diaryl/α,β-unsaturated/α-hetero) is 1. The van der Waals surface area contributed by atoms with Crippen LogP contribution in [-0.4, -0.2) is 34.5 Å². The Bertz CT molecular complexity index is 140. The van der Waals surface area contributed by atoms with Crippen LogP contribution in [-0.2, 0) is 9.53 Å². The second kappa shape index (κ2) is 1.76. The third-order valence-electron chi connectivity index (χ3n) is 1.32. The lowest BCUT2D eigenvalue weighted by molar-refractivity contribution is -0.198. The molecule has 1 rings (SSSR count). The highest BCUT2D eigenvalue weighted by molar-refractivity contribution is 5.86. The molecule has 1 aliphatic heterocycles. The van der Waals surface area contributed by atoms with Crippen LogP contribution in [0.15, 0.2) is 0 Å². The maximum atomic E-state index is 10.5. The molecule has 4 heteroatoms. The van der Waals surface area contributed by atoms with Crippen LogP contribution in [0.2, 0.25) is 0 Å². The molecular formula is C5H8O4. The lowest BCUT2D eigenvalue weighted by Gasteiger charge is -2.17. The van der Waals surface area contributed by atoms with Crippen LogP contribution in [0, 0.1) is 0 Å². The van der Waals surface area contributed by atoms with Crippen molar-refractivity contribution in [3.63, 3.8) is 0 Å². The Labute approximate surface area is 52.1 Å². The molecule has 2 N–H and O–H groups in total. The average Bonchev–Trinajstić information content (AvgIpc) is 1.97. The van der Waals surface area contributed by atoms with Gasteiger partial charge >= 0.3 is 0 Å². The van der Waals surface area contributed by atoms with Gasteiger partial charge in [-0.15, -0.1) is 0 Å². The summed E-state index contributed by atoms with van der Waals surface area (Å²) in [6, 6.07) is 0. The van der Waals surface area contributed by atoms with E-state index in [9.17, 15) is 4.79 Å². The molecule has 0 amide bonds. The van der Waals surface area contributed by atoms with E-state index in [4.69, 9.17) is 10.2 Å². The molecule has 0 saturated carbocycles. The van der Waals surface area contributed by atoms with E-state index in [2.05, 4.69) is 4.74 Å². The maximum Gasteiger partial charge on any atom is 0.196 e. The maximum absolute atomic E-state index is 10.5. The van der Waals surface area contributed by atoms with Crippen LogP contribution >= 0.6 is 0 Å². The van der Waals surface area contributed by atoms with E-state index in [1.165, 1.54) is 6.92 Å². The van der Waals surface area contributed by atoms with Crippen LogP contribution in [0.4, 0.5) is 0 Å². The number of carbonyl (C=O) groups excluding carboxylic acids is 1. The molecule has 0 aliphatic carbocycles. The minimum atomic E-state index is -1.67. The van der Waals surface area contributed by atoms with Gasteiger partial charge in [0.2, 0.25) is 0 Å². The fourth-order valence-corrected chi connectivity index (χ4v) is 0.674. The van der Waals surface area contributed by atoms with Crippen molar-refractivity contribution in [2.45, 2.75) is 18.8 Å². The van der Waals surface area contributed by atoms with Gasteiger partial charge in [0.15, 0.2) is 17.7 Å². The van der Waals surface area contributed by atoms with E-state index in [0.717, 1.165) is 0 Å². The Kier molecular flexibility index (Phi) is 1.31. The molecule has 52 valence electrons. The number of ether oxygens (including phenoxy) is 1. The molecule has 1 aliphatic rings. The van der Waals surface area contributed by atoms with Gasteiger partial charge in [-0.3, -0.25) is 4.79 Å². The fraction of sp³-hybridized carbons (Fsp3) is 0.800. The highest BCUT2D eigenvalue weighted by Crippen LogP contribution is 2.19. The Balaban J connectivity index is 2.73. The summed E-state index contributed by atoms with van der Waals surface area (Å²) in [5.41, 5.74) is 0. The Morgan fingerprint density at radius 3 is 2.56 bits per heavy atom. The number of aliphatic hydroxyl groups is 2. The minimum Gasteiger partial charge on any atom is -0.380 e. The van der Waals surface area contributed by atoms with Crippen molar-refractivity contribution < 1.29 is 19.7 Å². The molecule has 0 aromatic carbocycles. The van der Waals surface area contributed by atoms with Gasteiger partial charge in [-0.2, -0.15) is 0 Å². The SMILES string of the molecule is CC1(O)OCC(=O)C1O. The molecule has 4 nitrogen and oxygen atoms in total. The van der Waals surface area contributed by atoms with Gasteiger partial charge in [-0.05, 0) is 6.92 Å². The molecule has 0 spiro atoms. The zero-order valence-electron chi connectivity index (χ0n) is 5.00. The molecule has 2 atom stereocenters. The highest BCUT2D eigenvalue weighted by Gasteiger charge is 2.43. The van der Waals surface area contributed by atoms with Crippen LogP contribution in [0.25, 0.3) is 0 Å². The van der Waals surface area contributed by atoms with Crippen LogP contribution in [0.1, 0.15) is 6.92 Å². The minimum absolute atomic E-state index is 0.200. The molecule has 0 radical (unpaired) electrons. The van der Waals surface area contributed by atoms with E-state index >= 15 is 0 Å². The molecular weight excluding hydrogens is 124 g/mol. The molecule has 2 unspecified atom stereocenters. The van der Waals surface area contributed by atoms with Gasteiger partial charge in [0, 0.05) is 0 Å². The van der Waals surface area contributed by atoms with Crippen molar-refractivity contribution >= 4 is 5.78 Å². The normalized spacial score (nSPS) is 43.9. The van der Waals surface area contributed by atoms with Crippen LogP contribution in [0.3, 0.4) is 0 Å². The summed E-state index contributed by atoms with van der Waals surface area (Å²) in [4.78, 5) is 10.5. The monoisotopic (exact) mass is 132 g/mol. The highest BCUT2D eigenvalue weighted by atomic mass is 16.6. The molecule has 9 heavy (non-hydrogen) atoms. The molecule has 1 heterocycles. The molecule has 0 aromatic rings. The number of carbonyl (C=O) groups is 1. The quantitative estimate of drug-likeness (QED) is 0.428. The third-order valence-corrected chi connectivity index (χ3v) is 1.32. The molecule has 1 saturated heterocycles. The topological polar surface area (TPSA) is 66.8 Å². The number of hydrogen-bond donors (Lipinski definition) is 2. The van der Waals surface area contributed by atoms with Crippen molar-refractivity contribution in [2.75, 3.05) is 6.61 Å². The zero-order chi connectivity index (χ0) is 7.07. The Morgan fingerprint density at radius 1 is 1.89 bits per heavy atom. The molecule has 1 fully saturated rings. The number of aliphatic hydroxyl groups excluding tert-OH is 1. The van der Waals surface area contributed by atoms with E-state index in [-0.39, 0.29) is 6.61 Å². The van der Waals surface area contributed by atoms with E-state index in [1.807, 2.05) is 0 Å². The molecule has 0 bridgehead atoms. The van der Waals surface area contributed by atoms with Gasteiger partial charge in [-0.1, -0.05) is 0 Å². The van der Waals surface area contributed by atoms with Crippen LogP contribution in [0.5, 0.6) is 0 Å². The largest absolute Gasteiger partial charge is 0.380 e. The number of rotatable bonds is 0. The third kappa shape index (κ3) is 0.962. The summed E-state index contributed by atoms with van der Waals surface area (Å²) in [6.45, 7) is 1.05. The average molecular weight is 132 g/mol. The summed E-state index contributed by atoms with van der Waals surface area (Å²) in [5.74, 6) is -2.14. The second-order valence-electron chi connectivity index (χ2n) is 2.21. The summed E-state index contributed by atoms with van der Waals surface area (Å²) >= 11 is 0. The predicted octanol–water partition coefficient (Wildman–Crippen LogP) is -1.34.